The van der Waals surface area contributed by atoms with Crippen molar-refractivity contribution in [3.63, 3.8) is 0 Å². The summed E-state index contributed by atoms with van der Waals surface area (Å²) in [7, 11) is 0. The van der Waals surface area contributed by atoms with Gasteiger partial charge in [0.1, 0.15) is 17.8 Å². The van der Waals surface area contributed by atoms with Crippen LogP contribution in [0.1, 0.15) is 24.2 Å². The monoisotopic (exact) mass is 250 g/mol. The first-order valence-electron chi connectivity index (χ1n) is 5.64. The summed E-state index contributed by atoms with van der Waals surface area (Å²) in [6.07, 6.45) is 3.66. The molecule has 1 atom stereocenters. The van der Waals surface area contributed by atoms with Crippen molar-refractivity contribution in [3.05, 3.63) is 17.6 Å². The van der Waals surface area contributed by atoms with E-state index < -0.39 is 0 Å². The highest BCUT2D eigenvalue weighted by Crippen LogP contribution is 2.30. The topological polar surface area (TPSA) is 56.7 Å². The number of aromatic nitrogens is 3. The van der Waals surface area contributed by atoms with Gasteiger partial charge in [-0.25, -0.2) is 9.97 Å². The molecule has 0 aromatic carbocycles. The van der Waals surface area contributed by atoms with Gasteiger partial charge in [-0.3, -0.25) is 0 Å². The Labute approximate surface area is 106 Å². The van der Waals surface area contributed by atoms with Crippen LogP contribution < -0.4 is 5.73 Å². The van der Waals surface area contributed by atoms with Gasteiger partial charge in [-0.15, -0.1) is 0 Å². The predicted octanol–water partition coefficient (Wildman–Crippen LogP) is 2.55. The van der Waals surface area contributed by atoms with Gasteiger partial charge in [-0.1, -0.05) is 0 Å². The molecule has 0 radical (unpaired) electrons. The number of aryl methyl sites for hydroxylation is 1. The summed E-state index contributed by atoms with van der Waals surface area (Å²) in [6, 6.07) is 0.412. The molecule has 4 nitrogen and oxygen atoms in total. The molecule has 2 aromatic rings. The van der Waals surface area contributed by atoms with Gasteiger partial charge in [-0.05, 0) is 32.6 Å². The number of hydrogen-bond acceptors (Lipinski definition) is 4. The molecule has 0 saturated carbocycles. The Morgan fingerprint density at radius 1 is 1.41 bits per heavy atom. The molecule has 0 spiro atoms. The van der Waals surface area contributed by atoms with E-state index in [1.807, 2.05) is 11.8 Å². The number of nitrogen functional groups attached to an aromatic ring is 1. The maximum absolute atomic E-state index is 5.94. The van der Waals surface area contributed by atoms with E-state index in [4.69, 9.17) is 5.73 Å². The Hall–Kier alpha value is -1.23. The third-order valence-electron chi connectivity index (χ3n) is 3.21. The van der Waals surface area contributed by atoms with E-state index in [9.17, 15) is 0 Å². The first kappa shape index (κ1) is 12.2. The van der Waals surface area contributed by atoms with Crippen LogP contribution in [-0.2, 0) is 0 Å². The number of anilines is 1. The van der Waals surface area contributed by atoms with Gasteiger partial charge in [0.2, 0.25) is 0 Å². The maximum Gasteiger partial charge on any atom is 0.146 e. The van der Waals surface area contributed by atoms with Gasteiger partial charge in [-0.2, -0.15) is 11.8 Å². The van der Waals surface area contributed by atoms with E-state index in [2.05, 4.69) is 41.6 Å². The molecule has 0 aliphatic rings. The summed E-state index contributed by atoms with van der Waals surface area (Å²) in [5.41, 5.74) is 9.31. The van der Waals surface area contributed by atoms with E-state index in [1.165, 1.54) is 11.3 Å². The molecular weight excluding hydrogens is 232 g/mol. The summed E-state index contributed by atoms with van der Waals surface area (Å²) < 4.78 is 2.26. The van der Waals surface area contributed by atoms with Crippen LogP contribution in [0.4, 0.5) is 5.82 Å². The van der Waals surface area contributed by atoms with Crippen molar-refractivity contribution in [2.45, 2.75) is 26.8 Å². The third-order valence-corrected chi connectivity index (χ3v) is 4.03. The molecule has 2 aromatic heterocycles. The molecule has 92 valence electrons. The van der Waals surface area contributed by atoms with E-state index in [-0.39, 0.29) is 0 Å². The Morgan fingerprint density at radius 3 is 2.76 bits per heavy atom. The van der Waals surface area contributed by atoms with Crippen molar-refractivity contribution in [2.24, 2.45) is 0 Å². The highest BCUT2D eigenvalue weighted by molar-refractivity contribution is 7.98. The summed E-state index contributed by atoms with van der Waals surface area (Å²) in [6.45, 7) is 6.41. The minimum atomic E-state index is 0.412. The van der Waals surface area contributed by atoms with Crippen molar-refractivity contribution in [2.75, 3.05) is 17.7 Å². The van der Waals surface area contributed by atoms with Gasteiger partial charge in [0.15, 0.2) is 0 Å². The summed E-state index contributed by atoms with van der Waals surface area (Å²) in [5.74, 6) is 1.64. The van der Waals surface area contributed by atoms with Crippen LogP contribution in [0, 0.1) is 13.8 Å². The molecule has 2 heterocycles. The average Bonchev–Trinajstić information content (AvgIpc) is 2.53. The Balaban J connectivity index is 2.71. The largest absolute Gasteiger partial charge is 0.383 e. The third kappa shape index (κ3) is 1.88. The second kappa shape index (κ2) is 4.56. The second-order valence-corrected chi connectivity index (χ2v) is 5.25. The molecule has 0 bridgehead atoms. The van der Waals surface area contributed by atoms with E-state index >= 15 is 0 Å². The molecule has 0 aliphatic heterocycles. The number of nitrogens with two attached hydrogens (primary N) is 1. The number of rotatable bonds is 3. The van der Waals surface area contributed by atoms with Crippen LogP contribution in [0.15, 0.2) is 6.33 Å². The van der Waals surface area contributed by atoms with Gasteiger partial charge in [0.05, 0.1) is 5.39 Å². The van der Waals surface area contributed by atoms with Crippen molar-refractivity contribution in [1.82, 2.24) is 14.5 Å². The fourth-order valence-electron chi connectivity index (χ4n) is 2.31. The normalized spacial score (nSPS) is 13.2. The molecule has 5 heteroatoms. The minimum absolute atomic E-state index is 0.412. The van der Waals surface area contributed by atoms with Gasteiger partial charge >= 0.3 is 0 Å². The number of hydrogen-bond donors (Lipinski definition) is 1. The number of thioether (sulfide) groups is 1. The van der Waals surface area contributed by atoms with E-state index in [1.54, 1.807) is 6.33 Å². The maximum atomic E-state index is 5.94. The lowest BCUT2D eigenvalue weighted by Gasteiger charge is -2.15. The molecule has 1 unspecified atom stereocenters. The molecule has 2 rings (SSSR count). The van der Waals surface area contributed by atoms with Crippen LogP contribution in [0.2, 0.25) is 0 Å². The van der Waals surface area contributed by atoms with Crippen molar-refractivity contribution >= 4 is 28.6 Å². The fraction of sp³-hybridized carbons (Fsp3) is 0.500. The summed E-state index contributed by atoms with van der Waals surface area (Å²) in [5, 5.41) is 0.998. The number of fused-ring (bicyclic) bond motifs is 1. The zero-order chi connectivity index (χ0) is 12.6. The summed E-state index contributed by atoms with van der Waals surface area (Å²) in [4.78, 5) is 8.47. The van der Waals surface area contributed by atoms with Gasteiger partial charge in [0.25, 0.3) is 0 Å². The van der Waals surface area contributed by atoms with E-state index in [0.717, 1.165) is 16.8 Å². The first-order chi connectivity index (χ1) is 8.07. The Bertz CT molecular complexity index is 547. The molecule has 0 fully saturated rings. The molecule has 0 aliphatic carbocycles. The lowest BCUT2D eigenvalue weighted by Crippen LogP contribution is -2.10. The smallest absolute Gasteiger partial charge is 0.146 e. The average molecular weight is 250 g/mol. The Kier molecular flexibility index (Phi) is 3.28. The lowest BCUT2D eigenvalue weighted by atomic mass is 10.2. The van der Waals surface area contributed by atoms with Crippen LogP contribution >= 0.6 is 11.8 Å². The summed E-state index contributed by atoms with van der Waals surface area (Å²) >= 11 is 1.84. The van der Waals surface area contributed by atoms with Crippen molar-refractivity contribution in [1.29, 1.82) is 0 Å². The fourth-order valence-corrected chi connectivity index (χ4v) is 2.94. The van der Waals surface area contributed by atoms with Crippen molar-refractivity contribution in [3.8, 4) is 0 Å². The molecule has 0 amide bonds. The molecular formula is C12H18N4S. The molecule has 17 heavy (non-hydrogen) atoms. The van der Waals surface area contributed by atoms with Gasteiger partial charge < -0.3 is 10.3 Å². The van der Waals surface area contributed by atoms with Crippen LogP contribution in [0.3, 0.4) is 0 Å². The predicted molar refractivity (Wildman–Crippen MR) is 74.5 cm³/mol. The van der Waals surface area contributed by atoms with E-state index in [0.29, 0.717) is 11.9 Å². The van der Waals surface area contributed by atoms with Crippen LogP contribution in [-0.4, -0.2) is 26.5 Å². The minimum Gasteiger partial charge on any atom is -0.383 e. The highest BCUT2D eigenvalue weighted by Gasteiger charge is 2.18. The molecule has 0 saturated heterocycles. The lowest BCUT2D eigenvalue weighted by molar-refractivity contribution is 0.611. The first-order valence-corrected chi connectivity index (χ1v) is 7.03. The van der Waals surface area contributed by atoms with Crippen molar-refractivity contribution < 1.29 is 0 Å². The zero-order valence-corrected chi connectivity index (χ0v) is 11.5. The highest BCUT2D eigenvalue weighted by atomic mass is 32.2. The number of nitrogens with zero attached hydrogens (tertiary/aromatic N) is 3. The molecule has 2 N–H and O–H groups in total. The SMILES string of the molecule is CSCC(C)n1c(C)c(C)c2c(N)ncnc21. The zero-order valence-electron chi connectivity index (χ0n) is 10.7. The second-order valence-electron chi connectivity index (χ2n) is 4.34. The van der Waals surface area contributed by atoms with Crippen LogP contribution in [0.5, 0.6) is 0 Å². The van der Waals surface area contributed by atoms with Gasteiger partial charge in [0, 0.05) is 17.5 Å². The Morgan fingerprint density at radius 2 is 2.12 bits per heavy atom. The quantitative estimate of drug-likeness (QED) is 0.909. The van der Waals surface area contributed by atoms with Crippen LogP contribution in [0.25, 0.3) is 11.0 Å². The standard InChI is InChI=1S/C12H18N4S/c1-7(5-17-4)16-9(3)8(2)10-11(13)14-6-15-12(10)16/h6-7H,5H2,1-4H3,(H2,13,14,15).